The topological polar surface area (TPSA) is 100 Å². The molecular formula is C17H22N4O4. The highest BCUT2D eigenvalue weighted by molar-refractivity contribution is 5.95. The maximum atomic E-state index is 12.9. The number of aryl methyl sites for hydroxylation is 2. The van der Waals surface area contributed by atoms with Crippen molar-refractivity contribution in [3.05, 3.63) is 41.1 Å². The van der Waals surface area contributed by atoms with Crippen LogP contribution >= 0.6 is 0 Å². The molecule has 25 heavy (non-hydrogen) atoms. The van der Waals surface area contributed by atoms with Crippen LogP contribution < -0.4 is 5.32 Å². The summed E-state index contributed by atoms with van der Waals surface area (Å²) >= 11 is 0. The maximum Gasteiger partial charge on any atom is 0.287 e. The molecule has 1 aliphatic rings. The Hall–Kier alpha value is -2.61. The number of rotatable bonds is 4. The highest BCUT2D eigenvalue weighted by Crippen LogP contribution is 2.28. The Morgan fingerprint density at radius 3 is 2.88 bits per heavy atom. The van der Waals surface area contributed by atoms with Gasteiger partial charge in [-0.2, -0.15) is 5.10 Å². The fourth-order valence-corrected chi connectivity index (χ4v) is 3.14. The molecule has 0 saturated carbocycles. The quantitative estimate of drug-likeness (QED) is 0.870. The second-order valence-electron chi connectivity index (χ2n) is 6.14. The number of ether oxygens (including phenoxy) is 1. The van der Waals surface area contributed by atoms with Gasteiger partial charge in [0.15, 0.2) is 5.76 Å². The summed E-state index contributed by atoms with van der Waals surface area (Å²) in [6.45, 7) is 6.84. The van der Waals surface area contributed by atoms with Crippen LogP contribution in [0.25, 0.3) is 0 Å². The summed E-state index contributed by atoms with van der Waals surface area (Å²) in [5.41, 5.74) is 2.73. The summed E-state index contributed by atoms with van der Waals surface area (Å²) in [7, 11) is 0. The molecule has 2 N–H and O–H groups in total. The second-order valence-corrected chi connectivity index (χ2v) is 6.14. The van der Waals surface area contributed by atoms with Crippen molar-refractivity contribution in [3.63, 3.8) is 0 Å². The zero-order valence-corrected chi connectivity index (χ0v) is 14.5. The lowest BCUT2D eigenvalue weighted by atomic mass is 10.0. The molecule has 2 atom stereocenters. The van der Waals surface area contributed by atoms with E-state index < -0.39 is 11.9 Å². The molecule has 1 aliphatic heterocycles. The summed E-state index contributed by atoms with van der Waals surface area (Å²) in [5.74, 6) is -0.390. The minimum absolute atomic E-state index is 0.159. The molecule has 1 saturated heterocycles. The van der Waals surface area contributed by atoms with Gasteiger partial charge in [0.05, 0.1) is 31.2 Å². The molecule has 1 fully saturated rings. The van der Waals surface area contributed by atoms with Crippen LogP contribution in [0.4, 0.5) is 0 Å². The lowest BCUT2D eigenvalue weighted by molar-refractivity contribution is -0.141. The number of nitrogens with zero attached hydrogens (tertiary/aromatic N) is 2. The normalized spacial score (nSPS) is 18.8. The Morgan fingerprint density at radius 1 is 1.44 bits per heavy atom. The van der Waals surface area contributed by atoms with Crippen LogP contribution in [0.15, 0.2) is 22.8 Å². The average molecular weight is 346 g/mol. The molecule has 8 nitrogen and oxygen atoms in total. The summed E-state index contributed by atoms with van der Waals surface area (Å²) in [6.07, 6.45) is 1.42. The molecule has 2 unspecified atom stereocenters. The summed E-state index contributed by atoms with van der Waals surface area (Å²) < 4.78 is 10.6. The van der Waals surface area contributed by atoms with Gasteiger partial charge in [-0.3, -0.25) is 14.7 Å². The number of hydrogen-bond donors (Lipinski definition) is 2. The predicted octanol–water partition coefficient (Wildman–Crippen LogP) is 1.34. The highest BCUT2D eigenvalue weighted by Gasteiger charge is 2.34. The fraction of sp³-hybridized carbons (Fsp3) is 0.471. The number of carbonyl (C=O) groups excluding carboxylic acids is 2. The predicted molar refractivity (Wildman–Crippen MR) is 89.0 cm³/mol. The number of amides is 2. The van der Waals surface area contributed by atoms with E-state index in [-0.39, 0.29) is 17.7 Å². The molecule has 0 spiro atoms. The van der Waals surface area contributed by atoms with Crippen LogP contribution in [-0.4, -0.2) is 52.7 Å². The number of hydrogen-bond acceptors (Lipinski definition) is 5. The number of morpholine rings is 1. The van der Waals surface area contributed by atoms with Gasteiger partial charge in [0.2, 0.25) is 5.91 Å². The van der Waals surface area contributed by atoms with E-state index in [9.17, 15) is 9.59 Å². The molecule has 2 aromatic heterocycles. The van der Waals surface area contributed by atoms with Crippen molar-refractivity contribution in [1.29, 1.82) is 0 Å². The molecule has 2 amide bonds. The summed E-state index contributed by atoms with van der Waals surface area (Å²) in [6, 6.07) is 2.29. The van der Waals surface area contributed by atoms with E-state index in [0.717, 1.165) is 17.0 Å². The molecule has 8 heteroatoms. The van der Waals surface area contributed by atoms with E-state index >= 15 is 0 Å². The Bertz CT molecular complexity index is 733. The van der Waals surface area contributed by atoms with Gasteiger partial charge in [-0.25, -0.2) is 0 Å². The van der Waals surface area contributed by atoms with Crippen LogP contribution in [0.5, 0.6) is 0 Å². The van der Waals surface area contributed by atoms with E-state index in [1.165, 1.54) is 6.26 Å². The summed E-state index contributed by atoms with van der Waals surface area (Å²) in [4.78, 5) is 26.8. The van der Waals surface area contributed by atoms with Gasteiger partial charge in [0.25, 0.3) is 5.91 Å². The number of furan rings is 1. The fourth-order valence-electron chi connectivity index (χ4n) is 3.14. The molecule has 0 bridgehead atoms. The minimum atomic E-state index is -0.675. The number of aromatic nitrogens is 2. The highest BCUT2D eigenvalue weighted by atomic mass is 16.5. The molecule has 0 aliphatic carbocycles. The van der Waals surface area contributed by atoms with E-state index in [0.29, 0.717) is 19.8 Å². The van der Waals surface area contributed by atoms with E-state index in [1.54, 1.807) is 24.0 Å². The van der Waals surface area contributed by atoms with Gasteiger partial charge in [0, 0.05) is 17.8 Å². The van der Waals surface area contributed by atoms with Gasteiger partial charge >= 0.3 is 0 Å². The molecule has 3 rings (SSSR count). The van der Waals surface area contributed by atoms with Crippen molar-refractivity contribution < 1.29 is 18.7 Å². The van der Waals surface area contributed by atoms with Crippen molar-refractivity contribution in [2.75, 3.05) is 19.8 Å². The minimum Gasteiger partial charge on any atom is -0.459 e. The number of H-pyrrole nitrogens is 1. The number of nitrogens with one attached hydrogen (secondary N) is 2. The van der Waals surface area contributed by atoms with Crippen molar-refractivity contribution in [2.45, 2.75) is 32.9 Å². The lowest BCUT2D eigenvalue weighted by Gasteiger charge is -2.37. The van der Waals surface area contributed by atoms with Gasteiger partial charge in [-0.05, 0) is 32.9 Å². The monoisotopic (exact) mass is 346 g/mol. The zero-order valence-electron chi connectivity index (χ0n) is 14.5. The van der Waals surface area contributed by atoms with Crippen molar-refractivity contribution in [2.24, 2.45) is 0 Å². The Morgan fingerprint density at radius 2 is 2.24 bits per heavy atom. The van der Waals surface area contributed by atoms with Crippen molar-refractivity contribution in [3.8, 4) is 0 Å². The first-order chi connectivity index (χ1) is 12.0. The molecule has 2 aromatic rings. The van der Waals surface area contributed by atoms with Crippen LogP contribution in [0, 0.1) is 13.8 Å². The first kappa shape index (κ1) is 17.2. The largest absolute Gasteiger partial charge is 0.459 e. The SMILES string of the molecule is Cc1n[nH]c(C)c1C1COCCN1C(=O)C(C)NC(=O)c1ccco1. The molecular weight excluding hydrogens is 324 g/mol. The van der Waals surface area contributed by atoms with E-state index in [4.69, 9.17) is 9.15 Å². The zero-order chi connectivity index (χ0) is 18.0. The molecule has 3 heterocycles. The third-order valence-electron chi connectivity index (χ3n) is 4.39. The van der Waals surface area contributed by atoms with Crippen LogP contribution in [0.1, 0.15) is 40.5 Å². The Balaban J connectivity index is 1.75. The third-order valence-corrected chi connectivity index (χ3v) is 4.39. The smallest absolute Gasteiger partial charge is 0.287 e. The maximum absolute atomic E-state index is 12.9. The second kappa shape index (κ2) is 7.10. The van der Waals surface area contributed by atoms with Gasteiger partial charge < -0.3 is 19.4 Å². The van der Waals surface area contributed by atoms with Crippen molar-refractivity contribution in [1.82, 2.24) is 20.4 Å². The summed E-state index contributed by atoms with van der Waals surface area (Å²) in [5, 5.41) is 9.85. The standard InChI is InChI=1S/C17H22N4O4/c1-10-15(11(2)20-19-10)13-9-24-8-6-21(13)17(23)12(3)18-16(22)14-5-4-7-25-14/h4-5,7,12-13H,6,8-9H2,1-3H3,(H,18,22)(H,19,20). The van der Waals surface area contributed by atoms with Crippen LogP contribution in [0.2, 0.25) is 0 Å². The third kappa shape index (κ3) is 3.43. The first-order valence-corrected chi connectivity index (χ1v) is 8.23. The molecule has 0 radical (unpaired) electrons. The van der Waals surface area contributed by atoms with Gasteiger partial charge in [0.1, 0.15) is 6.04 Å². The van der Waals surface area contributed by atoms with Crippen LogP contribution in [-0.2, 0) is 9.53 Å². The lowest BCUT2D eigenvalue weighted by Crippen LogP contribution is -2.51. The van der Waals surface area contributed by atoms with Crippen LogP contribution in [0.3, 0.4) is 0 Å². The Labute approximate surface area is 145 Å². The van der Waals surface area contributed by atoms with Crippen molar-refractivity contribution >= 4 is 11.8 Å². The Kier molecular flexibility index (Phi) is 4.89. The molecule has 0 aromatic carbocycles. The number of aromatic amines is 1. The van der Waals surface area contributed by atoms with Gasteiger partial charge in [-0.1, -0.05) is 0 Å². The first-order valence-electron chi connectivity index (χ1n) is 8.23. The number of carbonyl (C=O) groups is 2. The molecule has 134 valence electrons. The van der Waals surface area contributed by atoms with E-state index in [2.05, 4.69) is 15.5 Å². The van der Waals surface area contributed by atoms with E-state index in [1.807, 2.05) is 13.8 Å². The average Bonchev–Trinajstić information content (AvgIpc) is 3.24. The van der Waals surface area contributed by atoms with Gasteiger partial charge in [-0.15, -0.1) is 0 Å².